The van der Waals surface area contributed by atoms with Gasteiger partial charge in [-0.3, -0.25) is 4.99 Å². The lowest BCUT2D eigenvalue weighted by Gasteiger charge is -2.08. The molecular weight excluding hydrogens is 226 g/mol. The fraction of sp³-hybridized carbons (Fsp3) is 0.556. The maximum Gasteiger partial charge on any atom is 0.202 e. The molecule has 0 aliphatic carbocycles. The summed E-state index contributed by atoms with van der Waals surface area (Å²) in [5.74, 6) is 1.50. The Bertz CT molecular complexity index is 414. The molecule has 0 fully saturated rings. The zero-order valence-corrected chi connectivity index (χ0v) is 10.0. The van der Waals surface area contributed by atoms with Gasteiger partial charge in [-0.15, -0.1) is 16.9 Å². The number of nitrogens with two attached hydrogens (primary N) is 1. The first-order chi connectivity index (χ1) is 7.59. The standard InChI is InChI=1S/C9H15N5OS/c1-5(2)12-8-6(15)7(10)14(13-8)9-11-3-4-16-9/h3,5,9,15H,4,10H2,1-2H3,(H,12,13). The first kappa shape index (κ1) is 11.1. The van der Waals surface area contributed by atoms with Crippen LogP contribution in [0.25, 0.3) is 0 Å². The van der Waals surface area contributed by atoms with Crippen molar-refractivity contribution in [3.05, 3.63) is 0 Å². The van der Waals surface area contributed by atoms with Crippen molar-refractivity contribution in [2.45, 2.75) is 25.4 Å². The van der Waals surface area contributed by atoms with E-state index < -0.39 is 0 Å². The maximum absolute atomic E-state index is 9.80. The highest BCUT2D eigenvalue weighted by molar-refractivity contribution is 8.00. The van der Waals surface area contributed by atoms with E-state index in [-0.39, 0.29) is 23.1 Å². The molecule has 1 aromatic heterocycles. The van der Waals surface area contributed by atoms with Crippen LogP contribution in [0.2, 0.25) is 0 Å². The maximum atomic E-state index is 9.80. The molecule has 0 amide bonds. The minimum absolute atomic E-state index is 0.00333. The molecular formula is C9H15N5OS. The van der Waals surface area contributed by atoms with Crippen molar-refractivity contribution >= 4 is 29.6 Å². The van der Waals surface area contributed by atoms with Crippen LogP contribution in [0.1, 0.15) is 19.3 Å². The molecule has 2 rings (SSSR count). The third kappa shape index (κ3) is 1.95. The summed E-state index contributed by atoms with van der Waals surface area (Å²) in [5, 5.41) is 17.1. The minimum atomic E-state index is -0.159. The molecule has 0 saturated carbocycles. The predicted molar refractivity (Wildman–Crippen MR) is 67.0 cm³/mol. The molecule has 0 spiro atoms. The van der Waals surface area contributed by atoms with Gasteiger partial charge in [-0.2, -0.15) is 0 Å². The summed E-state index contributed by atoms with van der Waals surface area (Å²) >= 11 is 1.61. The molecule has 0 aromatic carbocycles. The Morgan fingerprint density at radius 2 is 2.44 bits per heavy atom. The SMILES string of the molecule is CC(C)Nc1nn(C2N=CCS2)c(N)c1O. The van der Waals surface area contributed by atoms with Crippen LogP contribution in [-0.2, 0) is 0 Å². The molecule has 0 saturated heterocycles. The summed E-state index contributed by atoms with van der Waals surface area (Å²) in [4.78, 5) is 4.22. The molecule has 1 atom stereocenters. The highest BCUT2D eigenvalue weighted by Crippen LogP contribution is 2.37. The van der Waals surface area contributed by atoms with E-state index in [2.05, 4.69) is 15.4 Å². The number of rotatable bonds is 3. The van der Waals surface area contributed by atoms with Crippen molar-refractivity contribution in [1.29, 1.82) is 0 Å². The van der Waals surface area contributed by atoms with Crippen LogP contribution in [-0.4, -0.2) is 32.9 Å². The van der Waals surface area contributed by atoms with Crippen LogP contribution < -0.4 is 11.1 Å². The average molecular weight is 241 g/mol. The minimum Gasteiger partial charge on any atom is -0.502 e. The van der Waals surface area contributed by atoms with Crippen LogP contribution in [0.5, 0.6) is 5.75 Å². The lowest BCUT2D eigenvalue weighted by Crippen LogP contribution is -2.11. The number of thioether (sulfide) groups is 1. The second-order valence-corrected chi connectivity index (χ2v) is 4.91. The summed E-state index contributed by atoms with van der Waals surface area (Å²) in [7, 11) is 0. The van der Waals surface area contributed by atoms with Gasteiger partial charge in [0.1, 0.15) is 0 Å². The molecule has 7 heteroatoms. The van der Waals surface area contributed by atoms with E-state index in [1.165, 1.54) is 4.68 Å². The number of nitrogens with zero attached hydrogens (tertiary/aromatic N) is 3. The van der Waals surface area contributed by atoms with E-state index in [0.29, 0.717) is 5.82 Å². The number of anilines is 2. The zero-order chi connectivity index (χ0) is 11.7. The van der Waals surface area contributed by atoms with Gasteiger partial charge in [-0.25, -0.2) is 4.68 Å². The van der Waals surface area contributed by atoms with Gasteiger partial charge in [0.05, 0.1) is 0 Å². The van der Waals surface area contributed by atoms with Gasteiger partial charge in [0.25, 0.3) is 0 Å². The monoisotopic (exact) mass is 241 g/mol. The topological polar surface area (TPSA) is 88.5 Å². The average Bonchev–Trinajstić information content (AvgIpc) is 2.81. The van der Waals surface area contributed by atoms with Crippen molar-refractivity contribution in [2.75, 3.05) is 16.8 Å². The number of aromatic hydroxyl groups is 1. The van der Waals surface area contributed by atoms with Crippen LogP contribution in [0, 0.1) is 0 Å². The van der Waals surface area contributed by atoms with E-state index >= 15 is 0 Å². The molecule has 6 nitrogen and oxygen atoms in total. The third-order valence-corrected chi connectivity index (χ3v) is 3.07. The molecule has 4 N–H and O–H groups in total. The van der Waals surface area contributed by atoms with Gasteiger partial charge >= 0.3 is 0 Å². The van der Waals surface area contributed by atoms with Crippen molar-refractivity contribution in [3.8, 4) is 5.75 Å². The van der Waals surface area contributed by atoms with Gasteiger partial charge < -0.3 is 16.2 Å². The molecule has 1 unspecified atom stereocenters. The Labute approximate surface area is 97.9 Å². The van der Waals surface area contributed by atoms with Gasteiger partial charge in [0, 0.05) is 18.0 Å². The Hall–Kier alpha value is -1.37. The fourth-order valence-corrected chi connectivity index (χ4v) is 2.24. The van der Waals surface area contributed by atoms with E-state index in [9.17, 15) is 5.11 Å². The third-order valence-electron chi connectivity index (χ3n) is 2.11. The highest BCUT2D eigenvalue weighted by atomic mass is 32.2. The molecule has 1 aliphatic heterocycles. The van der Waals surface area contributed by atoms with Crippen molar-refractivity contribution in [2.24, 2.45) is 4.99 Å². The largest absolute Gasteiger partial charge is 0.502 e. The van der Waals surface area contributed by atoms with Gasteiger partial charge in [-0.05, 0) is 13.8 Å². The van der Waals surface area contributed by atoms with Crippen LogP contribution in [0.3, 0.4) is 0 Å². The summed E-state index contributed by atoms with van der Waals surface area (Å²) in [5.41, 5.74) is 5.62. The summed E-state index contributed by atoms with van der Waals surface area (Å²) < 4.78 is 1.54. The molecule has 2 heterocycles. The molecule has 1 aliphatic rings. The van der Waals surface area contributed by atoms with E-state index in [1.54, 1.807) is 11.8 Å². The van der Waals surface area contributed by atoms with Crippen LogP contribution in [0.4, 0.5) is 11.6 Å². The van der Waals surface area contributed by atoms with E-state index in [1.807, 2.05) is 20.1 Å². The van der Waals surface area contributed by atoms with Crippen molar-refractivity contribution in [1.82, 2.24) is 9.78 Å². The second-order valence-electron chi connectivity index (χ2n) is 3.82. The Kier molecular flexibility index (Phi) is 2.95. The first-order valence-corrected chi connectivity index (χ1v) is 6.11. The summed E-state index contributed by atoms with van der Waals surface area (Å²) in [6.07, 6.45) is 1.82. The number of hydrogen-bond acceptors (Lipinski definition) is 6. The lowest BCUT2D eigenvalue weighted by atomic mass is 10.4. The Balaban J connectivity index is 2.29. The van der Waals surface area contributed by atoms with E-state index in [0.717, 1.165) is 5.75 Å². The highest BCUT2D eigenvalue weighted by Gasteiger charge is 2.22. The number of nitrogens with one attached hydrogen (secondary N) is 1. The molecule has 0 bridgehead atoms. The molecule has 0 radical (unpaired) electrons. The summed E-state index contributed by atoms with van der Waals surface area (Å²) in [6.45, 7) is 3.94. The van der Waals surface area contributed by atoms with Gasteiger partial charge in [0.2, 0.25) is 5.75 Å². The number of nitrogen functional groups attached to an aromatic ring is 1. The number of aromatic nitrogens is 2. The quantitative estimate of drug-likeness (QED) is 0.741. The van der Waals surface area contributed by atoms with Crippen LogP contribution >= 0.6 is 11.8 Å². The second kappa shape index (κ2) is 4.25. The number of hydrogen-bond donors (Lipinski definition) is 3. The number of aliphatic imine (C=N–C) groups is 1. The zero-order valence-electron chi connectivity index (χ0n) is 9.21. The predicted octanol–water partition coefficient (Wildman–Crippen LogP) is 1.26. The van der Waals surface area contributed by atoms with Crippen LogP contribution in [0.15, 0.2) is 4.99 Å². The Morgan fingerprint density at radius 3 is 3.00 bits per heavy atom. The van der Waals surface area contributed by atoms with Crippen molar-refractivity contribution in [3.63, 3.8) is 0 Å². The Morgan fingerprint density at radius 1 is 1.69 bits per heavy atom. The first-order valence-electron chi connectivity index (χ1n) is 5.06. The lowest BCUT2D eigenvalue weighted by molar-refractivity contribution is 0.478. The van der Waals surface area contributed by atoms with Gasteiger partial charge in [0.15, 0.2) is 17.1 Å². The van der Waals surface area contributed by atoms with E-state index in [4.69, 9.17) is 5.73 Å². The molecule has 88 valence electrons. The molecule has 16 heavy (non-hydrogen) atoms. The normalized spacial score (nSPS) is 19.6. The van der Waals surface area contributed by atoms with Gasteiger partial charge in [-0.1, -0.05) is 0 Å². The fourth-order valence-electron chi connectivity index (χ4n) is 1.42. The summed E-state index contributed by atoms with van der Waals surface area (Å²) in [6, 6.07) is 0.188. The smallest absolute Gasteiger partial charge is 0.202 e. The van der Waals surface area contributed by atoms with Crippen molar-refractivity contribution < 1.29 is 5.11 Å². The molecule has 1 aromatic rings.